The number of nitrogens with one attached hydrogen (secondary N) is 1. The van der Waals surface area contributed by atoms with E-state index in [2.05, 4.69) is 20.8 Å². The van der Waals surface area contributed by atoms with Crippen LogP contribution in [0.25, 0.3) is 0 Å². The van der Waals surface area contributed by atoms with Crippen molar-refractivity contribution < 1.29 is 4.52 Å². The molecule has 0 unspecified atom stereocenters. The summed E-state index contributed by atoms with van der Waals surface area (Å²) in [7, 11) is 0. The van der Waals surface area contributed by atoms with Crippen LogP contribution in [0, 0.1) is 13.8 Å². The molecule has 0 aromatic carbocycles. The van der Waals surface area contributed by atoms with Crippen LogP contribution in [-0.2, 0) is 12.8 Å². The molecule has 1 aliphatic rings. The fourth-order valence-corrected chi connectivity index (χ4v) is 3.50. The molecule has 0 atom stereocenters. The Balaban J connectivity index is 1.56. The third-order valence-corrected chi connectivity index (χ3v) is 4.90. The second-order valence-corrected chi connectivity index (χ2v) is 6.50. The van der Waals surface area contributed by atoms with Gasteiger partial charge in [-0.2, -0.15) is 0 Å². The first-order valence-electron chi connectivity index (χ1n) is 7.50. The summed E-state index contributed by atoms with van der Waals surface area (Å²) >= 11 is 1.74. The summed E-state index contributed by atoms with van der Waals surface area (Å²) in [6.07, 6.45) is 1.87. The lowest BCUT2D eigenvalue weighted by atomic mass is 10.1. The maximum atomic E-state index is 5.22. The molecule has 0 spiro atoms. The van der Waals surface area contributed by atoms with E-state index in [0.717, 1.165) is 62.0 Å². The maximum absolute atomic E-state index is 5.22. The molecule has 0 saturated carbocycles. The van der Waals surface area contributed by atoms with Gasteiger partial charge in [-0.3, -0.25) is 0 Å². The lowest BCUT2D eigenvalue weighted by Gasteiger charge is -2.26. The monoisotopic (exact) mass is 306 g/mol. The lowest BCUT2D eigenvalue weighted by molar-refractivity contribution is 0.243. The molecule has 1 saturated heterocycles. The molecule has 1 fully saturated rings. The molecule has 2 aromatic heterocycles. The van der Waals surface area contributed by atoms with E-state index in [9.17, 15) is 0 Å². The number of aryl methyl sites for hydroxylation is 2. The van der Waals surface area contributed by atoms with Crippen molar-refractivity contribution in [2.75, 3.05) is 32.7 Å². The molecule has 3 rings (SSSR count). The summed E-state index contributed by atoms with van der Waals surface area (Å²) in [6, 6.07) is 0. The van der Waals surface area contributed by atoms with Crippen LogP contribution in [0.1, 0.15) is 27.7 Å². The van der Waals surface area contributed by atoms with E-state index in [-0.39, 0.29) is 0 Å². The molecule has 21 heavy (non-hydrogen) atoms. The highest BCUT2D eigenvalue weighted by molar-refractivity contribution is 7.09. The van der Waals surface area contributed by atoms with E-state index in [0.29, 0.717) is 0 Å². The zero-order valence-electron chi connectivity index (χ0n) is 12.7. The highest BCUT2D eigenvalue weighted by Crippen LogP contribution is 2.20. The summed E-state index contributed by atoms with van der Waals surface area (Å²) in [5.41, 5.74) is 3.36. The quantitative estimate of drug-likeness (QED) is 0.912. The minimum Gasteiger partial charge on any atom is -0.361 e. The first kappa shape index (κ1) is 14.7. The van der Waals surface area contributed by atoms with Gasteiger partial charge in [0.15, 0.2) is 0 Å². The SMILES string of the molecule is Cc1noc(C)c1Cc1nc(CCN2CCNCC2)cs1. The largest absolute Gasteiger partial charge is 0.361 e. The third kappa shape index (κ3) is 3.70. The van der Waals surface area contributed by atoms with E-state index in [1.165, 1.54) is 11.3 Å². The molecule has 0 bridgehead atoms. The van der Waals surface area contributed by atoms with Gasteiger partial charge in [-0.15, -0.1) is 11.3 Å². The van der Waals surface area contributed by atoms with E-state index in [1.807, 2.05) is 13.8 Å². The van der Waals surface area contributed by atoms with Crippen molar-refractivity contribution in [3.05, 3.63) is 33.1 Å². The molecule has 6 heteroatoms. The van der Waals surface area contributed by atoms with Crippen LogP contribution in [0.4, 0.5) is 0 Å². The molecule has 5 nitrogen and oxygen atoms in total. The van der Waals surface area contributed by atoms with Crippen LogP contribution >= 0.6 is 11.3 Å². The Morgan fingerprint density at radius 1 is 1.33 bits per heavy atom. The summed E-state index contributed by atoms with van der Waals surface area (Å²) in [5.74, 6) is 0.907. The van der Waals surface area contributed by atoms with Crippen molar-refractivity contribution in [1.29, 1.82) is 0 Å². The van der Waals surface area contributed by atoms with Gasteiger partial charge >= 0.3 is 0 Å². The Morgan fingerprint density at radius 3 is 2.86 bits per heavy atom. The number of hydrogen-bond acceptors (Lipinski definition) is 6. The Kier molecular flexibility index (Phi) is 4.67. The highest BCUT2D eigenvalue weighted by atomic mass is 32.1. The van der Waals surface area contributed by atoms with Gasteiger partial charge in [0.25, 0.3) is 0 Å². The van der Waals surface area contributed by atoms with Crippen LogP contribution in [0.15, 0.2) is 9.90 Å². The molecule has 2 aromatic rings. The van der Waals surface area contributed by atoms with Crippen molar-refractivity contribution in [2.24, 2.45) is 0 Å². The average Bonchev–Trinajstić information content (AvgIpc) is 3.08. The first-order chi connectivity index (χ1) is 10.2. The van der Waals surface area contributed by atoms with Crippen LogP contribution in [0.5, 0.6) is 0 Å². The van der Waals surface area contributed by atoms with E-state index < -0.39 is 0 Å². The summed E-state index contributed by atoms with van der Waals surface area (Å²) < 4.78 is 5.22. The Bertz CT molecular complexity index is 567. The second kappa shape index (κ2) is 6.68. The Morgan fingerprint density at radius 2 is 2.14 bits per heavy atom. The van der Waals surface area contributed by atoms with Gasteiger partial charge in [0.2, 0.25) is 0 Å². The predicted molar refractivity (Wildman–Crippen MR) is 83.9 cm³/mol. The van der Waals surface area contributed by atoms with Crippen LogP contribution < -0.4 is 5.32 Å². The van der Waals surface area contributed by atoms with Crippen LogP contribution in [0.3, 0.4) is 0 Å². The molecule has 3 heterocycles. The first-order valence-corrected chi connectivity index (χ1v) is 8.38. The third-order valence-electron chi connectivity index (χ3n) is 4.00. The molecular formula is C15H22N4OS. The molecule has 114 valence electrons. The fraction of sp³-hybridized carbons (Fsp3) is 0.600. The van der Waals surface area contributed by atoms with Gasteiger partial charge in [-0.25, -0.2) is 4.98 Å². The van der Waals surface area contributed by atoms with Crippen LogP contribution in [0.2, 0.25) is 0 Å². The number of piperazine rings is 1. The van der Waals surface area contributed by atoms with E-state index in [4.69, 9.17) is 9.51 Å². The number of aromatic nitrogens is 2. The Hall–Kier alpha value is -1.24. The molecule has 0 radical (unpaired) electrons. The summed E-state index contributed by atoms with van der Waals surface area (Å²) in [4.78, 5) is 7.26. The standard InChI is InChI=1S/C15H22N4OS/c1-11-14(12(2)20-18-11)9-15-17-13(10-21-15)3-6-19-7-4-16-5-8-19/h10,16H,3-9H2,1-2H3. The number of thiazole rings is 1. The summed E-state index contributed by atoms with van der Waals surface area (Å²) in [6.45, 7) is 9.57. The zero-order chi connectivity index (χ0) is 14.7. The van der Waals surface area contributed by atoms with Crippen molar-refractivity contribution in [1.82, 2.24) is 20.4 Å². The molecule has 1 N–H and O–H groups in total. The van der Waals surface area contributed by atoms with Crippen molar-refractivity contribution >= 4 is 11.3 Å². The van der Waals surface area contributed by atoms with Gasteiger partial charge < -0.3 is 14.7 Å². The Labute approximate surface area is 129 Å². The van der Waals surface area contributed by atoms with Gasteiger partial charge in [0.1, 0.15) is 5.76 Å². The smallest absolute Gasteiger partial charge is 0.137 e. The number of nitrogens with zero attached hydrogens (tertiary/aromatic N) is 3. The van der Waals surface area contributed by atoms with Crippen molar-refractivity contribution in [3.8, 4) is 0 Å². The van der Waals surface area contributed by atoms with Gasteiger partial charge in [0, 0.05) is 56.5 Å². The fourth-order valence-electron chi connectivity index (χ4n) is 2.66. The van der Waals surface area contributed by atoms with E-state index in [1.54, 1.807) is 11.3 Å². The van der Waals surface area contributed by atoms with E-state index >= 15 is 0 Å². The topological polar surface area (TPSA) is 54.2 Å². The van der Waals surface area contributed by atoms with Gasteiger partial charge in [0.05, 0.1) is 16.4 Å². The average molecular weight is 306 g/mol. The maximum Gasteiger partial charge on any atom is 0.137 e. The van der Waals surface area contributed by atoms with Crippen molar-refractivity contribution in [2.45, 2.75) is 26.7 Å². The predicted octanol–water partition coefficient (Wildman–Crippen LogP) is 1.79. The number of rotatable bonds is 5. The van der Waals surface area contributed by atoms with Gasteiger partial charge in [-0.05, 0) is 13.8 Å². The van der Waals surface area contributed by atoms with Gasteiger partial charge in [-0.1, -0.05) is 5.16 Å². The van der Waals surface area contributed by atoms with Crippen LogP contribution in [-0.4, -0.2) is 47.8 Å². The zero-order valence-corrected chi connectivity index (χ0v) is 13.5. The normalized spacial score (nSPS) is 16.5. The minimum atomic E-state index is 0.833. The molecular weight excluding hydrogens is 284 g/mol. The molecule has 1 aliphatic heterocycles. The lowest BCUT2D eigenvalue weighted by Crippen LogP contribution is -2.44. The second-order valence-electron chi connectivity index (χ2n) is 5.55. The molecule has 0 aliphatic carbocycles. The minimum absolute atomic E-state index is 0.833. The molecule has 0 amide bonds. The summed E-state index contributed by atoms with van der Waals surface area (Å²) in [5, 5.41) is 10.7. The number of hydrogen-bond donors (Lipinski definition) is 1. The highest BCUT2D eigenvalue weighted by Gasteiger charge is 2.13. The van der Waals surface area contributed by atoms with Crippen molar-refractivity contribution in [3.63, 3.8) is 0 Å².